The van der Waals surface area contributed by atoms with Gasteiger partial charge in [0, 0.05) is 23.8 Å². The summed E-state index contributed by atoms with van der Waals surface area (Å²) in [7, 11) is 0. The molecule has 0 radical (unpaired) electrons. The molecule has 3 rings (SSSR count). The highest BCUT2D eigenvalue weighted by Gasteiger charge is 2.05. The number of carbonyl (C=O) groups is 2. The lowest BCUT2D eigenvalue weighted by Crippen LogP contribution is -2.29. The zero-order valence-corrected chi connectivity index (χ0v) is 15.1. The van der Waals surface area contributed by atoms with Gasteiger partial charge in [-0.2, -0.15) is 0 Å². The smallest absolute Gasteiger partial charge is 0.319 e. The number of urea groups is 2. The van der Waals surface area contributed by atoms with Gasteiger partial charge in [-0.25, -0.2) is 9.59 Å². The fraction of sp³-hybridized carbons (Fsp3) is 0.100. The largest absolute Gasteiger partial charge is 0.332 e. The van der Waals surface area contributed by atoms with Crippen LogP contribution >= 0.6 is 0 Å². The van der Waals surface area contributed by atoms with Crippen molar-refractivity contribution in [3.63, 3.8) is 0 Å². The van der Waals surface area contributed by atoms with Crippen LogP contribution in [0.3, 0.4) is 0 Å². The third-order valence-electron chi connectivity index (χ3n) is 3.71. The van der Waals surface area contributed by atoms with E-state index in [2.05, 4.69) is 31.2 Å². The lowest BCUT2D eigenvalue weighted by Gasteiger charge is -2.10. The van der Waals surface area contributed by atoms with Crippen LogP contribution in [0.4, 0.5) is 21.0 Å². The SMILES string of the molecule is O=C(NCc1ccccn1)Nc1ccc(NC(=O)NCc2ccccn2)cc1. The summed E-state index contributed by atoms with van der Waals surface area (Å²) in [5, 5.41) is 10.9. The molecule has 0 bridgehead atoms. The van der Waals surface area contributed by atoms with Gasteiger partial charge in [0.15, 0.2) is 0 Å². The molecule has 8 nitrogen and oxygen atoms in total. The third-order valence-corrected chi connectivity index (χ3v) is 3.71. The predicted octanol–water partition coefficient (Wildman–Crippen LogP) is 3.12. The number of nitrogens with zero attached hydrogens (tertiary/aromatic N) is 2. The van der Waals surface area contributed by atoms with Gasteiger partial charge in [-0.15, -0.1) is 0 Å². The van der Waals surface area contributed by atoms with Crippen LogP contribution in [0.15, 0.2) is 73.1 Å². The molecule has 0 aliphatic rings. The normalized spacial score (nSPS) is 10.0. The van der Waals surface area contributed by atoms with Crippen molar-refractivity contribution in [2.75, 3.05) is 10.6 Å². The third kappa shape index (κ3) is 6.10. The van der Waals surface area contributed by atoms with E-state index in [0.717, 1.165) is 11.4 Å². The van der Waals surface area contributed by atoms with Crippen LogP contribution in [0.2, 0.25) is 0 Å². The molecule has 142 valence electrons. The lowest BCUT2D eigenvalue weighted by atomic mass is 10.3. The van der Waals surface area contributed by atoms with E-state index in [1.165, 1.54) is 0 Å². The van der Waals surface area contributed by atoms with Crippen LogP contribution < -0.4 is 21.3 Å². The molecule has 3 aromatic rings. The Kier molecular flexibility index (Phi) is 6.51. The van der Waals surface area contributed by atoms with Gasteiger partial charge in [0.2, 0.25) is 0 Å². The molecular formula is C20H20N6O2. The quantitative estimate of drug-likeness (QED) is 0.530. The summed E-state index contributed by atoms with van der Waals surface area (Å²) in [6.45, 7) is 0.672. The number of amides is 4. The van der Waals surface area contributed by atoms with Gasteiger partial charge >= 0.3 is 12.1 Å². The van der Waals surface area contributed by atoms with Crippen molar-refractivity contribution in [3.8, 4) is 0 Å². The monoisotopic (exact) mass is 376 g/mol. The maximum absolute atomic E-state index is 11.9. The number of benzene rings is 1. The Labute approximate surface area is 162 Å². The Hall–Kier alpha value is -3.94. The lowest BCUT2D eigenvalue weighted by molar-refractivity contribution is 0.250. The van der Waals surface area contributed by atoms with Crippen LogP contribution in [-0.4, -0.2) is 22.0 Å². The van der Waals surface area contributed by atoms with Crippen LogP contribution in [-0.2, 0) is 13.1 Å². The number of nitrogens with one attached hydrogen (secondary N) is 4. The average molecular weight is 376 g/mol. The summed E-state index contributed by atoms with van der Waals surface area (Å²) < 4.78 is 0. The number of hydrogen-bond donors (Lipinski definition) is 4. The topological polar surface area (TPSA) is 108 Å². The fourth-order valence-corrected chi connectivity index (χ4v) is 2.33. The highest BCUT2D eigenvalue weighted by atomic mass is 16.2. The Balaban J connectivity index is 1.42. The van der Waals surface area contributed by atoms with Crippen LogP contribution in [0, 0.1) is 0 Å². The van der Waals surface area contributed by atoms with Crippen molar-refractivity contribution in [1.82, 2.24) is 20.6 Å². The summed E-state index contributed by atoms with van der Waals surface area (Å²) in [6.07, 6.45) is 3.35. The molecule has 2 aromatic heterocycles. The van der Waals surface area contributed by atoms with Gasteiger partial charge in [0.1, 0.15) is 0 Å². The van der Waals surface area contributed by atoms with Gasteiger partial charge in [-0.3, -0.25) is 9.97 Å². The Morgan fingerprint density at radius 3 is 1.43 bits per heavy atom. The van der Waals surface area contributed by atoms with E-state index in [0.29, 0.717) is 24.5 Å². The summed E-state index contributed by atoms with van der Waals surface area (Å²) in [5.74, 6) is 0. The molecule has 1 aromatic carbocycles. The molecule has 8 heteroatoms. The number of anilines is 2. The number of hydrogen-bond acceptors (Lipinski definition) is 4. The van der Waals surface area contributed by atoms with E-state index in [9.17, 15) is 9.59 Å². The fourth-order valence-electron chi connectivity index (χ4n) is 2.33. The second-order valence-corrected chi connectivity index (χ2v) is 5.83. The van der Waals surface area contributed by atoms with Gasteiger partial charge in [-0.05, 0) is 48.5 Å². The average Bonchev–Trinajstić information content (AvgIpc) is 2.74. The van der Waals surface area contributed by atoms with Gasteiger partial charge in [0.25, 0.3) is 0 Å². The minimum absolute atomic E-state index is 0.334. The van der Waals surface area contributed by atoms with Crippen molar-refractivity contribution in [3.05, 3.63) is 84.4 Å². The molecule has 28 heavy (non-hydrogen) atoms. The van der Waals surface area contributed by atoms with Crippen LogP contribution in [0.1, 0.15) is 11.4 Å². The van der Waals surface area contributed by atoms with Gasteiger partial charge in [-0.1, -0.05) is 12.1 Å². The van der Waals surface area contributed by atoms with Crippen molar-refractivity contribution in [2.45, 2.75) is 13.1 Å². The minimum atomic E-state index is -0.334. The highest BCUT2D eigenvalue weighted by molar-refractivity contribution is 5.91. The molecule has 0 aliphatic carbocycles. The number of carbonyl (C=O) groups excluding carboxylic acids is 2. The molecule has 0 spiro atoms. The number of pyridine rings is 2. The summed E-state index contributed by atoms with van der Waals surface area (Å²) in [4.78, 5) is 32.1. The summed E-state index contributed by atoms with van der Waals surface area (Å²) in [6, 6.07) is 17.2. The van der Waals surface area contributed by atoms with Crippen molar-refractivity contribution in [1.29, 1.82) is 0 Å². The second kappa shape index (κ2) is 9.67. The number of rotatable bonds is 6. The Morgan fingerprint density at radius 1 is 0.643 bits per heavy atom. The first-order valence-corrected chi connectivity index (χ1v) is 8.68. The van der Waals surface area contributed by atoms with Crippen LogP contribution in [0.5, 0.6) is 0 Å². The second-order valence-electron chi connectivity index (χ2n) is 5.83. The van der Waals surface area contributed by atoms with Crippen LogP contribution in [0.25, 0.3) is 0 Å². The van der Waals surface area contributed by atoms with Crippen molar-refractivity contribution in [2.24, 2.45) is 0 Å². The highest BCUT2D eigenvalue weighted by Crippen LogP contribution is 2.13. The van der Waals surface area contributed by atoms with E-state index < -0.39 is 0 Å². The zero-order valence-electron chi connectivity index (χ0n) is 15.1. The standard InChI is InChI=1S/C20H20N6O2/c27-19(23-13-17-5-1-3-11-21-17)25-15-7-9-16(10-8-15)26-20(28)24-14-18-6-2-4-12-22-18/h1-12H,13-14H2,(H2,23,25,27)(H2,24,26,28). The first-order chi connectivity index (χ1) is 13.7. The molecule has 4 amide bonds. The molecule has 2 heterocycles. The molecule has 0 unspecified atom stereocenters. The summed E-state index contributed by atoms with van der Waals surface area (Å²) >= 11 is 0. The van der Waals surface area contributed by atoms with E-state index in [1.807, 2.05) is 36.4 Å². The molecular weight excluding hydrogens is 356 g/mol. The van der Waals surface area contributed by atoms with E-state index in [1.54, 1.807) is 36.7 Å². The maximum atomic E-state index is 11.9. The minimum Gasteiger partial charge on any atom is -0.332 e. The maximum Gasteiger partial charge on any atom is 0.319 e. The molecule has 0 atom stereocenters. The Morgan fingerprint density at radius 2 is 1.07 bits per heavy atom. The molecule has 0 aliphatic heterocycles. The van der Waals surface area contributed by atoms with Crippen molar-refractivity contribution >= 4 is 23.4 Å². The predicted molar refractivity (Wildman–Crippen MR) is 107 cm³/mol. The Bertz CT molecular complexity index is 824. The molecule has 0 saturated heterocycles. The zero-order chi connectivity index (χ0) is 19.6. The van der Waals surface area contributed by atoms with Gasteiger partial charge in [0.05, 0.1) is 24.5 Å². The van der Waals surface area contributed by atoms with Gasteiger partial charge < -0.3 is 21.3 Å². The van der Waals surface area contributed by atoms with Crippen molar-refractivity contribution < 1.29 is 9.59 Å². The van der Waals surface area contributed by atoms with E-state index in [4.69, 9.17) is 0 Å². The number of aromatic nitrogens is 2. The van der Waals surface area contributed by atoms with E-state index in [-0.39, 0.29) is 12.1 Å². The summed E-state index contributed by atoms with van der Waals surface area (Å²) in [5.41, 5.74) is 2.76. The first kappa shape index (κ1) is 18.8. The molecule has 4 N–H and O–H groups in total. The first-order valence-electron chi connectivity index (χ1n) is 8.68. The molecule has 0 saturated carbocycles. The molecule has 0 fully saturated rings. The van der Waals surface area contributed by atoms with E-state index >= 15 is 0 Å².